The van der Waals surface area contributed by atoms with Crippen LogP contribution in [0.25, 0.3) is 0 Å². The molecule has 1 heterocycles. The van der Waals surface area contributed by atoms with E-state index in [4.69, 9.17) is 0 Å². The maximum absolute atomic E-state index is 4.45. The van der Waals surface area contributed by atoms with Gasteiger partial charge in [-0.05, 0) is 42.9 Å². The van der Waals surface area contributed by atoms with Gasteiger partial charge in [-0.25, -0.2) is 0 Å². The van der Waals surface area contributed by atoms with E-state index >= 15 is 0 Å². The Morgan fingerprint density at radius 3 is 1.00 bits per heavy atom. The molecule has 1 aromatic heterocycles. The molecule has 0 bridgehead atoms. The third kappa shape index (κ3) is 23.1. The molecule has 0 amide bonds. The Bertz CT molecular complexity index is 529. The van der Waals surface area contributed by atoms with Crippen molar-refractivity contribution in [3.8, 4) is 0 Å². The Kier molecular flexibility index (Phi) is 27.0. The number of aromatic nitrogens is 1. The average Bonchev–Trinajstić information content (AvgIpc) is 2.94. The van der Waals surface area contributed by atoms with Crippen LogP contribution < -0.4 is 0 Å². The molecule has 0 spiro atoms. The fraction of sp³-hybridized carbons (Fsp3) is 0.865. The zero-order valence-corrected chi connectivity index (χ0v) is 26.4. The number of unbranched alkanes of at least 4 members (excludes halogenated alkanes) is 26. The summed E-state index contributed by atoms with van der Waals surface area (Å²) in [6.45, 7) is 4.61. The minimum absolute atomic E-state index is 1.24. The number of hydrogen-bond donors (Lipinski definition) is 0. The molecule has 1 rings (SSSR count). The summed E-state index contributed by atoms with van der Waals surface area (Å²) in [6, 6.07) is 2.29. The molecule has 0 aromatic carbocycles. The van der Waals surface area contributed by atoms with Gasteiger partial charge in [0.05, 0.1) is 0 Å². The Morgan fingerprint density at radius 2 is 0.658 bits per heavy atom. The minimum Gasteiger partial charge on any atom is -0.264 e. The van der Waals surface area contributed by atoms with E-state index in [9.17, 15) is 0 Å². The van der Waals surface area contributed by atoms with Crippen LogP contribution in [0.2, 0.25) is 0 Å². The zero-order chi connectivity index (χ0) is 27.2. The molecule has 0 unspecified atom stereocenters. The molecule has 1 nitrogen and oxygen atoms in total. The second-order valence-corrected chi connectivity index (χ2v) is 12.3. The first-order valence-electron chi connectivity index (χ1n) is 17.8. The van der Waals surface area contributed by atoms with Crippen molar-refractivity contribution in [3.63, 3.8) is 0 Å². The van der Waals surface area contributed by atoms with E-state index in [1.54, 1.807) is 5.56 Å². The van der Waals surface area contributed by atoms with Gasteiger partial charge in [0.1, 0.15) is 0 Å². The molecule has 0 fully saturated rings. The second kappa shape index (κ2) is 29.1. The fourth-order valence-corrected chi connectivity index (χ4v) is 5.94. The first kappa shape index (κ1) is 35.2. The van der Waals surface area contributed by atoms with Crippen LogP contribution in [0.4, 0.5) is 0 Å². The number of pyridine rings is 1. The molecule has 0 radical (unpaired) electrons. The lowest BCUT2D eigenvalue weighted by Gasteiger charge is -2.09. The lowest BCUT2D eigenvalue weighted by atomic mass is 9.98. The highest BCUT2D eigenvalue weighted by Gasteiger charge is 2.03. The summed E-state index contributed by atoms with van der Waals surface area (Å²) >= 11 is 0. The van der Waals surface area contributed by atoms with Crippen LogP contribution in [0.15, 0.2) is 18.5 Å². The van der Waals surface area contributed by atoms with E-state index in [1.807, 2.05) is 6.20 Å². The van der Waals surface area contributed by atoms with E-state index in [-0.39, 0.29) is 0 Å². The second-order valence-electron chi connectivity index (χ2n) is 12.3. The molecule has 0 aliphatic rings. The van der Waals surface area contributed by atoms with Gasteiger partial charge in [-0.15, -0.1) is 0 Å². The number of hydrogen-bond acceptors (Lipinski definition) is 1. The quantitative estimate of drug-likeness (QED) is 0.0906. The SMILES string of the molecule is CCCCCCCCCCCCCCCCc1ccncc1CCCCCCCCCCCCCCCC. The first-order chi connectivity index (χ1) is 18.9. The number of rotatable bonds is 30. The van der Waals surface area contributed by atoms with Crippen molar-refractivity contribution in [1.82, 2.24) is 4.98 Å². The van der Waals surface area contributed by atoms with Gasteiger partial charge in [0.15, 0.2) is 0 Å². The summed E-state index contributed by atoms with van der Waals surface area (Å²) in [5.41, 5.74) is 3.11. The molecule has 0 aliphatic heterocycles. The molecule has 0 atom stereocenters. The van der Waals surface area contributed by atoms with E-state index in [1.165, 1.54) is 198 Å². The van der Waals surface area contributed by atoms with E-state index in [2.05, 4.69) is 31.1 Å². The van der Waals surface area contributed by atoms with Crippen molar-refractivity contribution < 1.29 is 0 Å². The van der Waals surface area contributed by atoms with Crippen LogP contribution in [0, 0.1) is 0 Å². The van der Waals surface area contributed by atoms with Crippen LogP contribution in [-0.2, 0) is 12.8 Å². The normalized spacial score (nSPS) is 11.4. The van der Waals surface area contributed by atoms with Crippen LogP contribution >= 0.6 is 0 Å². The Balaban J connectivity index is 1.92. The largest absolute Gasteiger partial charge is 0.264 e. The Hall–Kier alpha value is -0.850. The number of aryl methyl sites for hydroxylation is 2. The third-order valence-corrected chi connectivity index (χ3v) is 8.60. The van der Waals surface area contributed by atoms with Crippen molar-refractivity contribution >= 4 is 0 Å². The highest BCUT2D eigenvalue weighted by atomic mass is 14.6. The van der Waals surface area contributed by atoms with Gasteiger partial charge in [0.25, 0.3) is 0 Å². The Labute approximate surface area is 240 Å². The van der Waals surface area contributed by atoms with Gasteiger partial charge in [0.2, 0.25) is 0 Å². The van der Waals surface area contributed by atoms with Gasteiger partial charge in [-0.2, -0.15) is 0 Å². The predicted molar refractivity (Wildman–Crippen MR) is 172 cm³/mol. The molecule has 1 heteroatoms. The van der Waals surface area contributed by atoms with Crippen molar-refractivity contribution in [1.29, 1.82) is 0 Å². The number of nitrogens with zero attached hydrogens (tertiary/aromatic N) is 1. The molecular formula is C37H69N. The molecule has 0 saturated carbocycles. The maximum Gasteiger partial charge on any atom is 0.0302 e. The van der Waals surface area contributed by atoms with Crippen molar-refractivity contribution in [3.05, 3.63) is 29.6 Å². The third-order valence-electron chi connectivity index (χ3n) is 8.60. The van der Waals surface area contributed by atoms with Gasteiger partial charge < -0.3 is 0 Å². The summed E-state index contributed by atoms with van der Waals surface area (Å²) in [7, 11) is 0. The van der Waals surface area contributed by atoms with E-state index in [0.717, 1.165) is 0 Å². The molecule has 0 aliphatic carbocycles. The predicted octanol–water partition coefficient (Wildman–Crippen LogP) is 13.1. The summed E-state index contributed by atoms with van der Waals surface area (Å²) < 4.78 is 0. The van der Waals surface area contributed by atoms with Gasteiger partial charge in [0, 0.05) is 12.4 Å². The smallest absolute Gasteiger partial charge is 0.0302 e. The highest BCUT2D eigenvalue weighted by molar-refractivity contribution is 5.23. The lowest BCUT2D eigenvalue weighted by Crippen LogP contribution is -1.96. The zero-order valence-electron chi connectivity index (χ0n) is 26.4. The topological polar surface area (TPSA) is 12.9 Å². The maximum atomic E-state index is 4.45. The van der Waals surface area contributed by atoms with Crippen molar-refractivity contribution in [2.75, 3.05) is 0 Å². The first-order valence-corrected chi connectivity index (χ1v) is 17.8. The molecule has 222 valence electrons. The lowest BCUT2D eigenvalue weighted by molar-refractivity contribution is 0.534. The van der Waals surface area contributed by atoms with E-state index < -0.39 is 0 Å². The van der Waals surface area contributed by atoms with Crippen LogP contribution in [0.3, 0.4) is 0 Å². The molecular weight excluding hydrogens is 458 g/mol. The monoisotopic (exact) mass is 528 g/mol. The van der Waals surface area contributed by atoms with Gasteiger partial charge in [-0.1, -0.05) is 181 Å². The van der Waals surface area contributed by atoms with Gasteiger partial charge >= 0.3 is 0 Å². The summed E-state index contributed by atoms with van der Waals surface area (Å²) in [5, 5.41) is 0. The van der Waals surface area contributed by atoms with E-state index in [0.29, 0.717) is 0 Å². The molecule has 1 aromatic rings. The standard InChI is InChI=1S/C37H69N/c1-3-5-7-9-11-13-15-17-19-21-23-25-27-29-31-36-33-34-38-35-37(36)32-30-28-26-24-22-20-18-16-14-12-10-8-6-4-2/h33-35H,3-32H2,1-2H3. The highest BCUT2D eigenvalue weighted by Crippen LogP contribution is 2.18. The fourth-order valence-electron chi connectivity index (χ4n) is 5.94. The van der Waals surface area contributed by atoms with Gasteiger partial charge in [-0.3, -0.25) is 4.98 Å². The van der Waals surface area contributed by atoms with Crippen LogP contribution in [-0.4, -0.2) is 4.98 Å². The molecule has 38 heavy (non-hydrogen) atoms. The summed E-state index contributed by atoms with van der Waals surface area (Å²) in [4.78, 5) is 4.45. The summed E-state index contributed by atoms with van der Waals surface area (Å²) in [5.74, 6) is 0. The Morgan fingerprint density at radius 1 is 0.368 bits per heavy atom. The van der Waals surface area contributed by atoms with Crippen LogP contribution in [0.1, 0.15) is 205 Å². The van der Waals surface area contributed by atoms with Crippen molar-refractivity contribution in [2.24, 2.45) is 0 Å². The average molecular weight is 528 g/mol. The van der Waals surface area contributed by atoms with Crippen molar-refractivity contribution in [2.45, 2.75) is 206 Å². The summed E-state index contributed by atoms with van der Waals surface area (Å²) in [6.07, 6.45) is 46.9. The molecule has 0 N–H and O–H groups in total. The van der Waals surface area contributed by atoms with Crippen LogP contribution in [0.5, 0.6) is 0 Å². The molecule has 0 saturated heterocycles. The minimum atomic E-state index is 1.24.